The first-order chi connectivity index (χ1) is 15.4. The van der Waals surface area contributed by atoms with Crippen LogP contribution >= 0.6 is 0 Å². The number of aryl methyl sites for hydroxylation is 1. The molecule has 2 aromatic carbocycles. The van der Waals surface area contributed by atoms with Gasteiger partial charge in [0.25, 0.3) is 11.8 Å². The standard InChI is InChI=1S/C23H14FN3O5/c1-11-9-17(25-32-11)27-21(29)20-18(19(28)13-10-12(24)7-8-16(13)31-20)23(27)14-5-3-4-6-15(14)26(2)22(23)30/h3-10H,1-2H3. The van der Waals surface area contributed by atoms with Crippen LogP contribution in [0.15, 0.2) is 62.3 Å². The molecule has 0 aliphatic carbocycles. The molecule has 6 rings (SSSR count). The van der Waals surface area contributed by atoms with Crippen LogP contribution in [0.3, 0.4) is 0 Å². The first-order valence-electron chi connectivity index (χ1n) is 9.78. The number of carbonyl (C=O) groups is 2. The lowest BCUT2D eigenvalue weighted by Crippen LogP contribution is -2.53. The number of amides is 2. The molecule has 2 aromatic heterocycles. The maximum absolute atomic E-state index is 14.0. The number of anilines is 2. The predicted octanol–water partition coefficient (Wildman–Crippen LogP) is 3.11. The summed E-state index contributed by atoms with van der Waals surface area (Å²) in [6, 6.07) is 11.8. The molecule has 0 fully saturated rings. The zero-order valence-electron chi connectivity index (χ0n) is 16.9. The fourth-order valence-corrected chi connectivity index (χ4v) is 4.74. The van der Waals surface area contributed by atoms with Crippen LogP contribution in [0, 0.1) is 12.7 Å². The molecule has 0 radical (unpaired) electrons. The molecule has 0 N–H and O–H groups in total. The number of rotatable bonds is 1. The van der Waals surface area contributed by atoms with Gasteiger partial charge in [0.1, 0.15) is 17.2 Å². The molecule has 0 bridgehead atoms. The van der Waals surface area contributed by atoms with E-state index in [0.717, 1.165) is 17.0 Å². The quantitative estimate of drug-likeness (QED) is 0.460. The number of aromatic nitrogens is 1. The Balaban J connectivity index is 1.81. The van der Waals surface area contributed by atoms with E-state index in [0.29, 0.717) is 17.0 Å². The third kappa shape index (κ3) is 2.00. The van der Waals surface area contributed by atoms with Crippen LogP contribution in [-0.4, -0.2) is 24.0 Å². The average Bonchev–Trinajstić information content (AvgIpc) is 3.38. The van der Waals surface area contributed by atoms with Gasteiger partial charge in [-0.3, -0.25) is 19.3 Å². The van der Waals surface area contributed by atoms with Crippen molar-refractivity contribution in [1.29, 1.82) is 0 Å². The molecule has 1 spiro atoms. The maximum atomic E-state index is 14.0. The number of nitrogens with zero attached hydrogens (tertiary/aromatic N) is 3. The highest BCUT2D eigenvalue weighted by Gasteiger charge is 2.65. The van der Waals surface area contributed by atoms with Crippen LogP contribution in [0.1, 0.15) is 27.4 Å². The number of benzene rings is 2. The first kappa shape index (κ1) is 18.5. The lowest BCUT2D eigenvalue weighted by molar-refractivity contribution is -0.121. The van der Waals surface area contributed by atoms with Crippen molar-refractivity contribution in [3.8, 4) is 0 Å². The summed E-state index contributed by atoms with van der Waals surface area (Å²) >= 11 is 0. The minimum absolute atomic E-state index is 0.0453. The van der Waals surface area contributed by atoms with Gasteiger partial charge in [-0.2, -0.15) is 0 Å². The molecule has 2 aliphatic heterocycles. The monoisotopic (exact) mass is 431 g/mol. The van der Waals surface area contributed by atoms with Crippen LogP contribution < -0.4 is 15.2 Å². The molecular weight excluding hydrogens is 417 g/mol. The van der Waals surface area contributed by atoms with Gasteiger partial charge < -0.3 is 13.8 Å². The molecular formula is C23H14FN3O5. The van der Waals surface area contributed by atoms with Crippen molar-refractivity contribution < 1.29 is 22.9 Å². The van der Waals surface area contributed by atoms with Gasteiger partial charge in [-0.05, 0) is 31.2 Å². The van der Waals surface area contributed by atoms with E-state index in [1.54, 1.807) is 38.2 Å². The van der Waals surface area contributed by atoms with E-state index < -0.39 is 28.6 Å². The summed E-state index contributed by atoms with van der Waals surface area (Å²) in [5.74, 6) is -1.69. The predicted molar refractivity (Wildman–Crippen MR) is 111 cm³/mol. The number of hydrogen-bond acceptors (Lipinski definition) is 6. The number of carbonyl (C=O) groups excluding carboxylic acids is 2. The van der Waals surface area contributed by atoms with E-state index in [-0.39, 0.29) is 28.1 Å². The highest BCUT2D eigenvalue weighted by atomic mass is 19.1. The minimum Gasteiger partial charge on any atom is -0.450 e. The minimum atomic E-state index is -1.86. The summed E-state index contributed by atoms with van der Waals surface area (Å²) in [4.78, 5) is 43.7. The van der Waals surface area contributed by atoms with E-state index >= 15 is 0 Å². The molecule has 32 heavy (non-hydrogen) atoms. The number of para-hydroxylation sites is 1. The molecule has 0 saturated heterocycles. The molecule has 1 unspecified atom stereocenters. The SMILES string of the molecule is Cc1cc(N2C(=O)c3oc4ccc(F)cc4c(=O)c3C23C(=O)N(C)c2ccccc23)no1. The molecule has 4 heterocycles. The number of halogens is 1. The van der Waals surface area contributed by atoms with Crippen molar-refractivity contribution in [3.05, 3.63) is 87.2 Å². The van der Waals surface area contributed by atoms with Crippen LogP contribution in [0.4, 0.5) is 15.9 Å². The molecule has 1 atom stereocenters. The van der Waals surface area contributed by atoms with Gasteiger partial charge >= 0.3 is 0 Å². The third-order valence-corrected chi connectivity index (χ3v) is 6.06. The van der Waals surface area contributed by atoms with Gasteiger partial charge in [0, 0.05) is 24.4 Å². The van der Waals surface area contributed by atoms with Crippen LogP contribution in [0.2, 0.25) is 0 Å². The summed E-state index contributed by atoms with van der Waals surface area (Å²) in [6.45, 7) is 1.65. The fourth-order valence-electron chi connectivity index (χ4n) is 4.74. The summed E-state index contributed by atoms with van der Waals surface area (Å²) in [5, 5.41) is 3.89. The lowest BCUT2D eigenvalue weighted by Gasteiger charge is -2.31. The molecule has 158 valence electrons. The van der Waals surface area contributed by atoms with Gasteiger partial charge in [0.2, 0.25) is 5.76 Å². The molecule has 0 saturated carbocycles. The Morgan fingerprint density at radius 1 is 1.06 bits per heavy atom. The van der Waals surface area contributed by atoms with Crippen molar-refractivity contribution in [3.63, 3.8) is 0 Å². The van der Waals surface area contributed by atoms with Gasteiger partial charge in [0.15, 0.2) is 16.8 Å². The van der Waals surface area contributed by atoms with Crippen LogP contribution in [-0.2, 0) is 10.3 Å². The zero-order chi connectivity index (χ0) is 22.4. The Hall–Kier alpha value is -4.27. The second-order valence-electron chi connectivity index (χ2n) is 7.80. The molecule has 9 heteroatoms. The summed E-state index contributed by atoms with van der Waals surface area (Å²) in [5.41, 5.74) is -1.69. The Bertz CT molecular complexity index is 1560. The summed E-state index contributed by atoms with van der Waals surface area (Å²) in [7, 11) is 1.56. The molecule has 4 aromatic rings. The van der Waals surface area contributed by atoms with Crippen LogP contribution in [0.25, 0.3) is 11.0 Å². The van der Waals surface area contributed by atoms with E-state index in [2.05, 4.69) is 5.16 Å². The van der Waals surface area contributed by atoms with Crippen molar-refractivity contribution in [2.75, 3.05) is 16.8 Å². The van der Waals surface area contributed by atoms with Crippen molar-refractivity contribution in [2.45, 2.75) is 12.5 Å². The van der Waals surface area contributed by atoms with Gasteiger partial charge in [0.05, 0.1) is 10.9 Å². The smallest absolute Gasteiger partial charge is 0.297 e. The zero-order valence-corrected chi connectivity index (χ0v) is 16.9. The number of hydrogen-bond donors (Lipinski definition) is 0. The fraction of sp³-hybridized carbons (Fsp3) is 0.130. The summed E-state index contributed by atoms with van der Waals surface area (Å²) in [6.07, 6.45) is 0. The van der Waals surface area contributed by atoms with Crippen molar-refractivity contribution in [1.82, 2.24) is 5.16 Å². The van der Waals surface area contributed by atoms with Gasteiger partial charge in [-0.15, -0.1) is 0 Å². The van der Waals surface area contributed by atoms with E-state index in [4.69, 9.17) is 8.94 Å². The topological polar surface area (TPSA) is 96.9 Å². The van der Waals surface area contributed by atoms with Gasteiger partial charge in [-0.25, -0.2) is 4.39 Å². The Morgan fingerprint density at radius 2 is 1.84 bits per heavy atom. The first-order valence-corrected chi connectivity index (χ1v) is 9.78. The van der Waals surface area contributed by atoms with E-state index in [1.165, 1.54) is 17.0 Å². The van der Waals surface area contributed by atoms with E-state index in [9.17, 15) is 18.8 Å². The average molecular weight is 431 g/mol. The largest absolute Gasteiger partial charge is 0.450 e. The molecule has 2 amide bonds. The Kier molecular flexibility index (Phi) is 3.41. The Morgan fingerprint density at radius 3 is 2.59 bits per heavy atom. The van der Waals surface area contributed by atoms with E-state index in [1.807, 2.05) is 0 Å². The summed E-state index contributed by atoms with van der Waals surface area (Å²) < 4.78 is 25.0. The van der Waals surface area contributed by atoms with Crippen molar-refractivity contribution >= 4 is 34.3 Å². The van der Waals surface area contributed by atoms with Crippen LogP contribution in [0.5, 0.6) is 0 Å². The Labute approximate surface area is 179 Å². The maximum Gasteiger partial charge on any atom is 0.297 e. The molecule has 8 nitrogen and oxygen atoms in total. The number of fused-ring (bicyclic) bond motifs is 5. The molecule has 2 aliphatic rings. The van der Waals surface area contributed by atoms with Gasteiger partial charge in [-0.1, -0.05) is 23.4 Å². The lowest BCUT2D eigenvalue weighted by atomic mass is 9.84. The second kappa shape index (κ2) is 5.91. The van der Waals surface area contributed by atoms with Crippen molar-refractivity contribution in [2.24, 2.45) is 0 Å². The second-order valence-corrected chi connectivity index (χ2v) is 7.80. The number of likely N-dealkylation sites (N-methyl/N-ethyl adjacent to an activating group) is 1. The highest BCUT2D eigenvalue weighted by Crippen LogP contribution is 2.53. The third-order valence-electron chi connectivity index (χ3n) is 6.06. The normalized spacial score (nSPS) is 19.3. The highest BCUT2D eigenvalue weighted by molar-refractivity contribution is 6.23.